The zero-order valence-corrected chi connectivity index (χ0v) is 16.9. The van der Waals surface area contributed by atoms with Gasteiger partial charge in [0.1, 0.15) is 18.0 Å². The lowest BCUT2D eigenvalue weighted by Crippen LogP contribution is -2.52. The molecule has 1 aromatic carbocycles. The molecule has 3 aromatic rings. The Morgan fingerprint density at radius 3 is 2.78 bits per heavy atom. The first kappa shape index (κ1) is 18.1. The molecule has 0 saturated carbocycles. The summed E-state index contributed by atoms with van der Waals surface area (Å²) in [7, 11) is 0. The number of anilines is 2. The molecule has 1 fully saturated rings. The Morgan fingerprint density at radius 1 is 1.26 bits per heavy atom. The third kappa shape index (κ3) is 3.36. The van der Waals surface area contributed by atoms with Crippen molar-refractivity contribution in [1.29, 1.82) is 0 Å². The van der Waals surface area contributed by atoms with E-state index in [0.717, 1.165) is 18.9 Å². The highest BCUT2D eigenvalue weighted by Gasteiger charge is 2.29. The summed E-state index contributed by atoms with van der Waals surface area (Å²) in [5.41, 5.74) is 0.704. The van der Waals surface area contributed by atoms with Crippen LogP contribution in [0.25, 0.3) is 10.9 Å². The van der Waals surface area contributed by atoms with Gasteiger partial charge in [-0.1, -0.05) is 13.8 Å². The van der Waals surface area contributed by atoms with Crippen molar-refractivity contribution in [3.8, 4) is 0 Å². The van der Waals surface area contributed by atoms with Gasteiger partial charge in [0.05, 0.1) is 5.52 Å². The standard InChI is InChI=1S/C18H20BrFN6O/c1-10(2)17-23-18(24-27-17)25-4-5-26(11(3)8-25)16-13-6-12(20)7-14(19)15(13)21-9-22-16/h6-7,9-11H,4-5,8H2,1-3H3. The minimum Gasteiger partial charge on any atom is -0.350 e. The predicted octanol–water partition coefficient (Wildman–Crippen LogP) is 3.75. The molecule has 0 N–H and O–H groups in total. The van der Waals surface area contributed by atoms with Crippen molar-refractivity contribution >= 4 is 38.6 Å². The fraction of sp³-hybridized carbons (Fsp3) is 0.444. The normalized spacial score (nSPS) is 17.9. The van der Waals surface area contributed by atoms with Gasteiger partial charge in [-0.2, -0.15) is 4.98 Å². The van der Waals surface area contributed by atoms with Crippen molar-refractivity contribution in [1.82, 2.24) is 20.1 Å². The molecule has 4 rings (SSSR count). The molecule has 27 heavy (non-hydrogen) atoms. The maximum Gasteiger partial charge on any atom is 0.266 e. The number of fused-ring (bicyclic) bond motifs is 1. The second kappa shape index (κ2) is 7.03. The summed E-state index contributed by atoms with van der Waals surface area (Å²) >= 11 is 3.39. The van der Waals surface area contributed by atoms with Gasteiger partial charge < -0.3 is 14.3 Å². The average molecular weight is 435 g/mol. The van der Waals surface area contributed by atoms with E-state index in [1.807, 2.05) is 13.8 Å². The van der Waals surface area contributed by atoms with E-state index in [1.54, 1.807) is 0 Å². The Morgan fingerprint density at radius 2 is 2.07 bits per heavy atom. The molecule has 3 heterocycles. The summed E-state index contributed by atoms with van der Waals surface area (Å²) in [6.07, 6.45) is 1.52. The molecule has 7 nitrogen and oxygen atoms in total. The molecule has 0 bridgehead atoms. The van der Waals surface area contributed by atoms with Gasteiger partial charge in [-0.3, -0.25) is 0 Å². The minimum absolute atomic E-state index is 0.139. The van der Waals surface area contributed by atoms with Crippen LogP contribution in [0.5, 0.6) is 0 Å². The van der Waals surface area contributed by atoms with Gasteiger partial charge in [0, 0.05) is 41.5 Å². The van der Waals surface area contributed by atoms with E-state index in [-0.39, 0.29) is 17.8 Å². The van der Waals surface area contributed by atoms with E-state index in [1.165, 1.54) is 18.5 Å². The van der Waals surface area contributed by atoms with Crippen LogP contribution >= 0.6 is 15.9 Å². The van der Waals surface area contributed by atoms with Crippen molar-refractivity contribution in [3.63, 3.8) is 0 Å². The second-order valence-corrected chi connectivity index (χ2v) is 7.91. The van der Waals surface area contributed by atoms with Gasteiger partial charge >= 0.3 is 0 Å². The van der Waals surface area contributed by atoms with Crippen LogP contribution in [0.3, 0.4) is 0 Å². The Hall–Kier alpha value is -2.29. The highest BCUT2D eigenvalue weighted by molar-refractivity contribution is 9.10. The molecule has 9 heteroatoms. The van der Waals surface area contributed by atoms with E-state index in [2.05, 4.69) is 52.8 Å². The summed E-state index contributed by atoms with van der Waals surface area (Å²) < 4.78 is 19.9. The lowest BCUT2D eigenvalue weighted by atomic mass is 10.1. The Bertz CT molecular complexity index is 978. The number of hydrogen-bond donors (Lipinski definition) is 0. The van der Waals surface area contributed by atoms with Crippen LogP contribution in [-0.4, -0.2) is 45.8 Å². The maximum atomic E-state index is 14.0. The molecule has 1 aliphatic rings. The average Bonchev–Trinajstić information content (AvgIpc) is 3.12. The fourth-order valence-electron chi connectivity index (χ4n) is 3.35. The second-order valence-electron chi connectivity index (χ2n) is 7.06. The molecule has 0 spiro atoms. The van der Waals surface area contributed by atoms with Crippen LogP contribution in [0.2, 0.25) is 0 Å². The van der Waals surface area contributed by atoms with E-state index < -0.39 is 0 Å². The molecule has 0 radical (unpaired) electrons. The van der Waals surface area contributed by atoms with Crippen LogP contribution < -0.4 is 9.80 Å². The molecule has 142 valence electrons. The Kier molecular flexibility index (Phi) is 4.71. The Labute approximate surface area is 164 Å². The van der Waals surface area contributed by atoms with Gasteiger partial charge in [0.15, 0.2) is 0 Å². The third-order valence-corrected chi connectivity index (χ3v) is 5.35. The van der Waals surface area contributed by atoms with Gasteiger partial charge in [0.25, 0.3) is 5.95 Å². The predicted molar refractivity (Wildman–Crippen MR) is 105 cm³/mol. The fourth-order valence-corrected chi connectivity index (χ4v) is 3.89. The van der Waals surface area contributed by atoms with Crippen molar-refractivity contribution in [2.75, 3.05) is 29.4 Å². The first-order valence-electron chi connectivity index (χ1n) is 8.89. The summed E-state index contributed by atoms with van der Waals surface area (Å²) in [6, 6.07) is 3.05. The van der Waals surface area contributed by atoms with E-state index in [4.69, 9.17) is 4.52 Å². The van der Waals surface area contributed by atoms with Crippen molar-refractivity contribution in [2.24, 2.45) is 0 Å². The van der Waals surface area contributed by atoms with E-state index in [9.17, 15) is 4.39 Å². The number of piperazine rings is 1. The monoisotopic (exact) mass is 434 g/mol. The van der Waals surface area contributed by atoms with Gasteiger partial charge in [-0.15, -0.1) is 0 Å². The number of aromatic nitrogens is 4. The maximum absolute atomic E-state index is 14.0. The zero-order valence-electron chi connectivity index (χ0n) is 15.4. The quantitative estimate of drug-likeness (QED) is 0.621. The van der Waals surface area contributed by atoms with Crippen molar-refractivity contribution in [3.05, 3.63) is 34.6 Å². The van der Waals surface area contributed by atoms with E-state index in [0.29, 0.717) is 33.8 Å². The molecule has 1 saturated heterocycles. The lowest BCUT2D eigenvalue weighted by molar-refractivity contribution is 0.363. The van der Waals surface area contributed by atoms with Crippen LogP contribution in [0, 0.1) is 5.82 Å². The topological polar surface area (TPSA) is 71.2 Å². The summed E-state index contributed by atoms with van der Waals surface area (Å²) in [6.45, 7) is 8.32. The molecular weight excluding hydrogens is 415 g/mol. The smallest absolute Gasteiger partial charge is 0.266 e. The zero-order chi connectivity index (χ0) is 19.1. The number of halogens is 2. The first-order valence-corrected chi connectivity index (χ1v) is 9.68. The number of benzene rings is 1. The molecule has 1 aliphatic heterocycles. The van der Waals surface area contributed by atoms with Gasteiger partial charge in [-0.25, -0.2) is 14.4 Å². The molecular formula is C18H20BrFN6O. The van der Waals surface area contributed by atoms with E-state index >= 15 is 0 Å². The summed E-state index contributed by atoms with van der Waals surface area (Å²) in [4.78, 5) is 17.5. The van der Waals surface area contributed by atoms with Crippen LogP contribution in [-0.2, 0) is 0 Å². The number of nitrogens with zero attached hydrogens (tertiary/aromatic N) is 6. The largest absolute Gasteiger partial charge is 0.350 e. The molecule has 1 unspecified atom stereocenters. The van der Waals surface area contributed by atoms with Gasteiger partial charge in [0.2, 0.25) is 5.89 Å². The SMILES string of the molecule is CC(C)c1nc(N2CCN(c3ncnc4c(Br)cc(F)cc34)C(C)C2)no1. The summed E-state index contributed by atoms with van der Waals surface area (Å²) in [5, 5.41) is 4.81. The highest BCUT2D eigenvalue weighted by atomic mass is 79.9. The summed E-state index contributed by atoms with van der Waals surface area (Å²) in [5.74, 6) is 1.88. The molecule has 1 atom stereocenters. The van der Waals surface area contributed by atoms with Crippen LogP contribution in [0.4, 0.5) is 16.2 Å². The lowest BCUT2D eigenvalue weighted by Gasteiger charge is -2.40. The van der Waals surface area contributed by atoms with Gasteiger partial charge in [-0.05, 0) is 40.1 Å². The minimum atomic E-state index is -0.315. The molecule has 0 aliphatic carbocycles. The highest BCUT2D eigenvalue weighted by Crippen LogP contribution is 2.31. The molecule has 0 amide bonds. The number of rotatable bonds is 3. The molecule has 2 aromatic heterocycles. The van der Waals surface area contributed by atoms with Crippen LogP contribution in [0.15, 0.2) is 27.5 Å². The van der Waals surface area contributed by atoms with Crippen molar-refractivity contribution < 1.29 is 8.91 Å². The Balaban J connectivity index is 1.61. The third-order valence-electron chi connectivity index (χ3n) is 4.74. The number of hydrogen-bond acceptors (Lipinski definition) is 7. The van der Waals surface area contributed by atoms with Crippen molar-refractivity contribution in [2.45, 2.75) is 32.7 Å². The van der Waals surface area contributed by atoms with Crippen LogP contribution in [0.1, 0.15) is 32.6 Å². The first-order chi connectivity index (χ1) is 12.9.